The van der Waals surface area contributed by atoms with E-state index in [1.165, 1.54) is 11.0 Å². The van der Waals surface area contributed by atoms with Crippen molar-refractivity contribution in [2.24, 2.45) is 0 Å². The summed E-state index contributed by atoms with van der Waals surface area (Å²) in [6.45, 7) is 0.768. The van der Waals surface area contributed by atoms with E-state index in [1.807, 2.05) is 0 Å². The summed E-state index contributed by atoms with van der Waals surface area (Å²) in [5.41, 5.74) is 0.388. The molecule has 6 heteroatoms. The number of carboxylic acid groups (broad SMARTS) is 1. The Morgan fingerprint density at radius 1 is 1.59 bits per heavy atom. The van der Waals surface area contributed by atoms with E-state index in [2.05, 4.69) is 15.9 Å². The lowest BCUT2D eigenvalue weighted by Gasteiger charge is -2.31. The van der Waals surface area contributed by atoms with E-state index >= 15 is 0 Å². The van der Waals surface area contributed by atoms with Crippen LogP contribution in [0.3, 0.4) is 0 Å². The molecule has 1 N–H and O–H groups in total. The maximum atomic E-state index is 13.7. The van der Waals surface area contributed by atoms with Crippen molar-refractivity contribution in [3.8, 4) is 0 Å². The zero-order valence-electron chi connectivity index (χ0n) is 8.90. The van der Waals surface area contributed by atoms with E-state index < -0.39 is 18.0 Å². The van der Waals surface area contributed by atoms with Gasteiger partial charge < -0.3 is 14.7 Å². The molecule has 0 bridgehead atoms. The highest BCUT2D eigenvalue weighted by molar-refractivity contribution is 9.10. The van der Waals surface area contributed by atoms with Crippen molar-refractivity contribution >= 4 is 22.0 Å². The van der Waals surface area contributed by atoms with Crippen molar-refractivity contribution < 1.29 is 19.0 Å². The highest BCUT2D eigenvalue weighted by Gasteiger charge is 2.26. The zero-order chi connectivity index (χ0) is 12.4. The van der Waals surface area contributed by atoms with Gasteiger partial charge in [-0.1, -0.05) is 22.0 Å². The molecular formula is C11H11BrFNO3. The fraction of sp³-hybridized carbons (Fsp3) is 0.364. The zero-order valence-corrected chi connectivity index (χ0v) is 10.5. The third-order valence-electron chi connectivity index (χ3n) is 2.65. The van der Waals surface area contributed by atoms with Crippen LogP contribution in [0, 0.1) is 5.82 Å². The molecule has 1 saturated heterocycles. The Balaban J connectivity index is 2.19. The molecular weight excluding hydrogens is 293 g/mol. The molecule has 0 aliphatic carbocycles. The lowest BCUT2D eigenvalue weighted by atomic mass is 10.1. The lowest BCUT2D eigenvalue weighted by molar-refractivity contribution is -0.0247. The molecule has 1 fully saturated rings. The topological polar surface area (TPSA) is 49.8 Å². The van der Waals surface area contributed by atoms with Crippen molar-refractivity contribution in [3.05, 3.63) is 34.1 Å². The molecule has 1 aromatic rings. The lowest BCUT2D eigenvalue weighted by Crippen LogP contribution is -2.41. The van der Waals surface area contributed by atoms with Gasteiger partial charge in [0.1, 0.15) is 11.9 Å². The van der Waals surface area contributed by atoms with Crippen molar-refractivity contribution in [1.29, 1.82) is 0 Å². The Hall–Kier alpha value is -1.14. The molecule has 2 rings (SSSR count). The van der Waals surface area contributed by atoms with Crippen LogP contribution in [0.2, 0.25) is 0 Å². The van der Waals surface area contributed by atoms with Crippen LogP contribution in [0.4, 0.5) is 9.18 Å². The number of halogens is 2. The molecule has 1 aliphatic heterocycles. The maximum absolute atomic E-state index is 13.7. The molecule has 4 nitrogen and oxygen atoms in total. The largest absolute Gasteiger partial charge is 0.465 e. The van der Waals surface area contributed by atoms with Gasteiger partial charge in [0.2, 0.25) is 0 Å². The minimum Gasteiger partial charge on any atom is -0.465 e. The molecule has 1 amide bonds. The first kappa shape index (κ1) is 12.3. The predicted octanol–water partition coefficient (Wildman–Crippen LogP) is 2.64. The van der Waals surface area contributed by atoms with Gasteiger partial charge >= 0.3 is 6.09 Å². The smallest absolute Gasteiger partial charge is 0.407 e. The van der Waals surface area contributed by atoms with Gasteiger partial charge in [-0.3, -0.25) is 0 Å². The maximum Gasteiger partial charge on any atom is 0.407 e. The first-order valence-electron chi connectivity index (χ1n) is 5.12. The van der Waals surface area contributed by atoms with Crippen LogP contribution in [0.1, 0.15) is 11.7 Å². The highest BCUT2D eigenvalue weighted by atomic mass is 79.9. The Labute approximate surface area is 106 Å². The van der Waals surface area contributed by atoms with E-state index in [1.54, 1.807) is 12.1 Å². The van der Waals surface area contributed by atoms with Crippen LogP contribution in [0.25, 0.3) is 0 Å². The van der Waals surface area contributed by atoms with Gasteiger partial charge in [-0.25, -0.2) is 9.18 Å². The van der Waals surface area contributed by atoms with Gasteiger partial charge in [0.05, 0.1) is 13.2 Å². The minimum atomic E-state index is -1.00. The highest BCUT2D eigenvalue weighted by Crippen LogP contribution is 2.26. The summed E-state index contributed by atoms with van der Waals surface area (Å²) in [7, 11) is 0. The van der Waals surface area contributed by atoms with E-state index in [0.29, 0.717) is 16.6 Å². The monoisotopic (exact) mass is 303 g/mol. The molecule has 0 radical (unpaired) electrons. The van der Waals surface area contributed by atoms with Gasteiger partial charge in [0, 0.05) is 16.6 Å². The van der Waals surface area contributed by atoms with Gasteiger partial charge in [0.25, 0.3) is 0 Å². The molecule has 1 heterocycles. The van der Waals surface area contributed by atoms with Crippen molar-refractivity contribution in [2.45, 2.75) is 6.10 Å². The number of morpholine rings is 1. The number of nitrogens with zero attached hydrogens (tertiary/aromatic N) is 1. The summed E-state index contributed by atoms with van der Waals surface area (Å²) < 4.78 is 19.7. The first-order valence-corrected chi connectivity index (χ1v) is 5.91. The number of rotatable bonds is 1. The SMILES string of the molecule is O=C(O)N1CCO[C@H](c2ccc(Br)cc2F)C1. The van der Waals surface area contributed by atoms with Crippen LogP contribution in [0.5, 0.6) is 0 Å². The summed E-state index contributed by atoms with van der Waals surface area (Å²) in [6.07, 6.45) is -1.54. The molecule has 1 aliphatic rings. The number of hydrogen-bond acceptors (Lipinski definition) is 2. The summed E-state index contributed by atoms with van der Waals surface area (Å²) in [4.78, 5) is 12.1. The van der Waals surface area contributed by atoms with Crippen molar-refractivity contribution in [3.63, 3.8) is 0 Å². The second kappa shape index (κ2) is 5.01. The van der Waals surface area contributed by atoms with Crippen LogP contribution in [0.15, 0.2) is 22.7 Å². The van der Waals surface area contributed by atoms with Gasteiger partial charge in [0.15, 0.2) is 0 Å². The normalized spacial score (nSPS) is 20.4. The fourth-order valence-corrected chi connectivity index (χ4v) is 2.11. The van der Waals surface area contributed by atoms with Gasteiger partial charge in [-0.05, 0) is 12.1 Å². The average molecular weight is 304 g/mol. The Morgan fingerprint density at radius 2 is 2.35 bits per heavy atom. The molecule has 0 aromatic heterocycles. The van der Waals surface area contributed by atoms with Crippen molar-refractivity contribution in [1.82, 2.24) is 4.90 Å². The third-order valence-corrected chi connectivity index (χ3v) is 3.14. The Bertz CT molecular complexity index is 441. The number of benzene rings is 1. The molecule has 0 saturated carbocycles. The minimum absolute atomic E-state index is 0.161. The quantitative estimate of drug-likeness (QED) is 0.867. The number of hydrogen-bond donors (Lipinski definition) is 1. The second-order valence-electron chi connectivity index (χ2n) is 3.75. The first-order chi connectivity index (χ1) is 8.08. The molecule has 1 aromatic carbocycles. The van der Waals surface area contributed by atoms with Crippen LogP contribution >= 0.6 is 15.9 Å². The average Bonchev–Trinajstić information content (AvgIpc) is 2.29. The third kappa shape index (κ3) is 2.76. The summed E-state index contributed by atoms with van der Waals surface area (Å²) in [5.74, 6) is -0.392. The summed E-state index contributed by atoms with van der Waals surface area (Å²) in [5, 5.41) is 8.89. The number of carbonyl (C=O) groups is 1. The molecule has 0 unspecified atom stereocenters. The predicted molar refractivity (Wildman–Crippen MR) is 62.4 cm³/mol. The number of amides is 1. The van der Waals surface area contributed by atoms with E-state index in [4.69, 9.17) is 9.84 Å². The standard InChI is InChI=1S/C11H11BrFNO3/c12-7-1-2-8(9(13)5-7)10-6-14(11(15)16)3-4-17-10/h1-2,5,10H,3-4,6H2,(H,15,16)/t10-/m0/s1. The second-order valence-corrected chi connectivity index (χ2v) is 4.67. The van der Waals surface area contributed by atoms with Crippen LogP contribution < -0.4 is 0 Å². The molecule has 1 atom stereocenters. The van der Waals surface area contributed by atoms with Gasteiger partial charge in [-0.2, -0.15) is 0 Å². The van der Waals surface area contributed by atoms with Crippen LogP contribution in [-0.2, 0) is 4.74 Å². The summed E-state index contributed by atoms with van der Waals surface area (Å²) in [6, 6.07) is 4.66. The molecule has 17 heavy (non-hydrogen) atoms. The van der Waals surface area contributed by atoms with E-state index in [-0.39, 0.29) is 13.2 Å². The molecule has 0 spiro atoms. The van der Waals surface area contributed by atoms with E-state index in [9.17, 15) is 9.18 Å². The summed E-state index contributed by atoms with van der Waals surface area (Å²) >= 11 is 3.17. The van der Waals surface area contributed by atoms with Gasteiger partial charge in [-0.15, -0.1) is 0 Å². The van der Waals surface area contributed by atoms with E-state index in [0.717, 1.165) is 0 Å². The van der Waals surface area contributed by atoms with Crippen LogP contribution in [-0.4, -0.2) is 35.8 Å². The Kier molecular flexibility index (Phi) is 3.63. The fourth-order valence-electron chi connectivity index (χ4n) is 1.77. The van der Waals surface area contributed by atoms with Crippen molar-refractivity contribution in [2.75, 3.05) is 19.7 Å². The number of ether oxygens (including phenoxy) is 1. The Morgan fingerprint density at radius 3 is 3.00 bits per heavy atom. The molecule has 92 valence electrons.